The van der Waals surface area contributed by atoms with Crippen LogP contribution in [0.1, 0.15) is 47.5 Å². The van der Waals surface area contributed by atoms with Crippen LogP contribution >= 0.6 is 0 Å². The molecule has 0 bridgehead atoms. The molecular formula is C22H25N3O3. The van der Waals surface area contributed by atoms with Crippen LogP contribution < -0.4 is 20.7 Å². The molecule has 0 radical (unpaired) electrons. The van der Waals surface area contributed by atoms with E-state index in [2.05, 4.69) is 10.2 Å². The standard InChI is InChI=1S/C22H25N3O3/c23-22(27)16-7-8-19(25-10-3-4-11-25)18(13-16)24-21(26)14-15-9-12-28-20-6-2-1-5-17(15)20/h1-2,5-8,13,15H,3-4,9-12,14H2,(H2,23,27)(H,24,26). The molecule has 2 aromatic carbocycles. The lowest BCUT2D eigenvalue weighted by atomic mass is 9.90. The molecule has 6 heteroatoms. The summed E-state index contributed by atoms with van der Waals surface area (Å²) in [6.07, 6.45) is 3.44. The highest BCUT2D eigenvalue weighted by Gasteiger charge is 2.25. The molecule has 1 unspecified atom stereocenters. The van der Waals surface area contributed by atoms with E-state index in [1.165, 1.54) is 0 Å². The largest absolute Gasteiger partial charge is 0.493 e. The lowest BCUT2D eigenvalue weighted by Gasteiger charge is -2.26. The van der Waals surface area contributed by atoms with Gasteiger partial charge >= 0.3 is 0 Å². The van der Waals surface area contributed by atoms with Crippen molar-refractivity contribution >= 4 is 23.2 Å². The summed E-state index contributed by atoms with van der Waals surface area (Å²) < 4.78 is 5.69. The smallest absolute Gasteiger partial charge is 0.248 e. The van der Waals surface area contributed by atoms with Crippen molar-refractivity contribution < 1.29 is 14.3 Å². The minimum atomic E-state index is -0.498. The molecule has 4 rings (SSSR count). The quantitative estimate of drug-likeness (QED) is 0.835. The summed E-state index contributed by atoms with van der Waals surface area (Å²) in [6.45, 7) is 2.52. The van der Waals surface area contributed by atoms with Crippen LogP contribution in [0, 0.1) is 0 Å². The molecule has 2 amide bonds. The van der Waals surface area contributed by atoms with Gasteiger partial charge in [0.1, 0.15) is 5.75 Å². The number of ether oxygens (including phenoxy) is 1. The maximum Gasteiger partial charge on any atom is 0.248 e. The summed E-state index contributed by atoms with van der Waals surface area (Å²) >= 11 is 0. The van der Waals surface area contributed by atoms with Gasteiger partial charge in [-0.15, -0.1) is 0 Å². The van der Waals surface area contributed by atoms with Crippen molar-refractivity contribution in [2.24, 2.45) is 5.73 Å². The van der Waals surface area contributed by atoms with Crippen molar-refractivity contribution in [1.29, 1.82) is 0 Å². The number of primary amides is 1. The highest BCUT2D eigenvalue weighted by Crippen LogP contribution is 2.36. The van der Waals surface area contributed by atoms with E-state index in [-0.39, 0.29) is 11.8 Å². The summed E-state index contributed by atoms with van der Waals surface area (Å²) in [7, 11) is 0. The number of nitrogens with one attached hydrogen (secondary N) is 1. The number of hydrogen-bond acceptors (Lipinski definition) is 4. The molecule has 2 aromatic rings. The van der Waals surface area contributed by atoms with E-state index in [1.54, 1.807) is 12.1 Å². The van der Waals surface area contributed by atoms with Crippen LogP contribution in [0.3, 0.4) is 0 Å². The van der Waals surface area contributed by atoms with E-state index in [1.807, 2.05) is 30.3 Å². The van der Waals surface area contributed by atoms with Crippen LogP contribution in [0.5, 0.6) is 5.75 Å². The predicted molar refractivity (Wildman–Crippen MR) is 109 cm³/mol. The summed E-state index contributed by atoms with van der Waals surface area (Å²) in [6, 6.07) is 13.2. The highest BCUT2D eigenvalue weighted by molar-refractivity contribution is 5.99. The first-order chi connectivity index (χ1) is 13.6. The third kappa shape index (κ3) is 3.81. The van der Waals surface area contributed by atoms with Crippen molar-refractivity contribution in [3.63, 3.8) is 0 Å². The Morgan fingerprint density at radius 2 is 1.93 bits per heavy atom. The molecule has 0 spiro atoms. The van der Waals surface area contributed by atoms with Crippen molar-refractivity contribution in [1.82, 2.24) is 0 Å². The van der Waals surface area contributed by atoms with Gasteiger partial charge in [0.05, 0.1) is 18.0 Å². The van der Waals surface area contributed by atoms with Gasteiger partial charge in [-0.05, 0) is 55.0 Å². The molecule has 0 saturated carbocycles. The second kappa shape index (κ2) is 7.92. The predicted octanol–water partition coefficient (Wildman–Crippen LogP) is 3.28. The fourth-order valence-electron chi connectivity index (χ4n) is 4.08. The van der Waals surface area contributed by atoms with Crippen molar-refractivity contribution in [2.45, 2.75) is 31.6 Å². The first-order valence-electron chi connectivity index (χ1n) is 9.82. The zero-order chi connectivity index (χ0) is 19.5. The number of benzene rings is 2. The molecule has 3 N–H and O–H groups in total. The molecular weight excluding hydrogens is 354 g/mol. The van der Waals surface area contributed by atoms with E-state index in [9.17, 15) is 9.59 Å². The average molecular weight is 379 g/mol. The molecule has 146 valence electrons. The topological polar surface area (TPSA) is 84.7 Å². The number of hydrogen-bond donors (Lipinski definition) is 2. The van der Waals surface area contributed by atoms with Gasteiger partial charge in [0.25, 0.3) is 0 Å². The Morgan fingerprint density at radius 3 is 2.71 bits per heavy atom. The monoisotopic (exact) mass is 379 g/mol. The average Bonchev–Trinajstić information content (AvgIpc) is 3.22. The third-order valence-electron chi connectivity index (χ3n) is 5.52. The molecule has 1 fully saturated rings. The van der Waals surface area contributed by atoms with Gasteiger partial charge in [0.15, 0.2) is 0 Å². The van der Waals surface area contributed by atoms with Crippen LogP contribution in [-0.4, -0.2) is 31.5 Å². The Morgan fingerprint density at radius 1 is 1.14 bits per heavy atom. The van der Waals surface area contributed by atoms with Crippen LogP contribution in [0.2, 0.25) is 0 Å². The zero-order valence-electron chi connectivity index (χ0n) is 15.8. The molecule has 2 heterocycles. The third-order valence-corrected chi connectivity index (χ3v) is 5.52. The van der Waals surface area contributed by atoms with Crippen LogP contribution in [0.25, 0.3) is 0 Å². The number of carbonyl (C=O) groups excluding carboxylic acids is 2. The minimum Gasteiger partial charge on any atom is -0.493 e. The van der Waals surface area contributed by atoms with E-state index in [0.717, 1.165) is 49.4 Å². The maximum atomic E-state index is 12.9. The number of nitrogens with two attached hydrogens (primary N) is 1. The number of amides is 2. The lowest BCUT2D eigenvalue weighted by molar-refractivity contribution is -0.116. The fourth-order valence-corrected chi connectivity index (χ4v) is 4.08. The number of nitrogens with zero attached hydrogens (tertiary/aromatic N) is 1. The van der Waals surface area contributed by atoms with Crippen molar-refractivity contribution in [3.05, 3.63) is 53.6 Å². The molecule has 2 aliphatic rings. The molecule has 28 heavy (non-hydrogen) atoms. The van der Waals surface area contributed by atoms with Gasteiger partial charge < -0.3 is 20.7 Å². The van der Waals surface area contributed by atoms with Crippen LogP contribution in [0.4, 0.5) is 11.4 Å². The second-order valence-corrected chi connectivity index (χ2v) is 7.41. The summed E-state index contributed by atoms with van der Waals surface area (Å²) in [5.74, 6) is 0.421. The first-order valence-corrected chi connectivity index (χ1v) is 9.82. The Bertz CT molecular complexity index is 890. The molecule has 6 nitrogen and oxygen atoms in total. The van der Waals surface area contributed by atoms with Gasteiger partial charge in [-0.3, -0.25) is 9.59 Å². The van der Waals surface area contributed by atoms with E-state index >= 15 is 0 Å². The molecule has 0 aromatic heterocycles. The summed E-state index contributed by atoms with van der Waals surface area (Å²) in [5.41, 5.74) is 8.52. The zero-order valence-corrected chi connectivity index (χ0v) is 15.8. The SMILES string of the molecule is NC(=O)c1ccc(N2CCCC2)c(NC(=O)CC2CCOc3ccccc32)c1. The van der Waals surface area contributed by atoms with E-state index in [4.69, 9.17) is 10.5 Å². The molecule has 2 aliphatic heterocycles. The maximum absolute atomic E-state index is 12.9. The van der Waals surface area contributed by atoms with Crippen LogP contribution in [-0.2, 0) is 4.79 Å². The van der Waals surface area contributed by atoms with Gasteiger partial charge in [0, 0.05) is 25.1 Å². The van der Waals surface area contributed by atoms with E-state index in [0.29, 0.717) is 24.3 Å². The number of carbonyl (C=O) groups is 2. The first kappa shape index (κ1) is 18.3. The summed E-state index contributed by atoms with van der Waals surface area (Å²) in [5, 5.41) is 3.03. The Hall–Kier alpha value is -3.02. The highest BCUT2D eigenvalue weighted by atomic mass is 16.5. The second-order valence-electron chi connectivity index (χ2n) is 7.41. The van der Waals surface area contributed by atoms with Crippen molar-refractivity contribution in [2.75, 3.05) is 29.9 Å². The number of para-hydroxylation sites is 1. The lowest BCUT2D eigenvalue weighted by Crippen LogP contribution is -2.24. The fraction of sp³-hybridized carbons (Fsp3) is 0.364. The Balaban J connectivity index is 1.54. The Kier molecular flexibility index (Phi) is 5.19. The molecule has 1 atom stereocenters. The number of rotatable bonds is 5. The Labute approximate surface area is 164 Å². The molecule has 1 saturated heterocycles. The van der Waals surface area contributed by atoms with Gasteiger partial charge in [-0.2, -0.15) is 0 Å². The number of fused-ring (bicyclic) bond motifs is 1. The normalized spacial score (nSPS) is 18.3. The summed E-state index contributed by atoms with van der Waals surface area (Å²) in [4.78, 5) is 26.7. The van der Waals surface area contributed by atoms with Crippen molar-refractivity contribution in [3.8, 4) is 5.75 Å². The van der Waals surface area contributed by atoms with Gasteiger partial charge in [-0.25, -0.2) is 0 Å². The number of anilines is 2. The minimum absolute atomic E-state index is 0.0660. The van der Waals surface area contributed by atoms with Gasteiger partial charge in [-0.1, -0.05) is 18.2 Å². The van der Waals surface area contributed by atoms with Crippen LogP contribution in [0.15, 0.2) is 42.5 Å². The molecule has 0 aliphatic carbocycles. The van der Waals surface area contributed by atoms with Gasteiger partial charge in [0.2, 0.25) is 11.8 Å². The van der Waals surface area contributed by atoms with E-state index < -0.39 is 5.91 Å².